The molecule has 0 spiro atoms. The second-order valence-corrected chi connectivity index (χ2v) is 4.32. The van der Waals surface area contributed by atoms with Gasteiger partial charge in [-0.1, -0.05) is 18.2 Å². The fourth-order valence-corrected chi connectivity index (χ4v) is 1.80. The van der Waals surface area contributed by atoms with E-state index in [0.717, 1.165) is 36.5 Å². The highest BCUT2D eigenvalue weighted by Gasteiger charge is 1.96. The van der Waals surface area contributed by atoms with Gasteiger partial charge in [-0.2, -0.15) is 0 Å². The van der Waals surface area contributed by atoms with Crippen LogP contribution in [0.25, 0.3) is 0 Å². The first-order valence-electron chi connectivity index (χ1n) is 6.12. The van der Waals surface area contributed by atoms with E-state index in [-0.39, 0.29) is 5.82 Å². The number of hydrogen-bond donors (Lipinski definition) is 1. The van der Waals surface area contributed by atoms with Crippen LogP contribution in [0.4, 0.5) is 4.39 Å². The predicted octanol–water partition coefficient (Wildman–Crippen LogP) is 2.86. The first-order valence-corrected chi connectivity index (χ1v) is 6.12. The standard InChI is InChI=1S/C15H17FN2/c1-12-3-2-4-15(18-12)11-17-10-9-13-5-7-14(16)8-6-13/h2-8,17H,9-11H2,1H3. The topological polar surface area (TPSA) is 24.9 Å². The van der Waals surface area contributed by atoms with Crippen molar-refractivity contribution < 1.29 is 4.39 Å². The van der Waals surface area contributed by atoms with Crippen molar-refractivity contribution in [3.05, 3.63) is 65.2 Å². The fraction of sp³-hybridized carbons (Fsp3) is 0.267. The number of hydrogen-bond acceptors (Lipinski definition) is 2. The molecule has 0 fully saturated rings. The zero-order valence-electron chi connectivity index (χ0n) is 10.5. The van der Waals surface area contributed by atoms with Crippen molar-refractivity contribution >= 4 is 0 Å². The molecule has 0 aliphatic rings. The molecular weight excluding hydrogens is 227 g/mol. The van der Waals surface area contributed by atoms with Crippen LogP contribution in [0.15, 0.2) is 42.5 Å². The first-order chi connectivity index (χ1) is 8.74. The summed E-state index contributed by atoms with van der Waals surface area (Å²) in [7, 11) is 0. The lowest BCUT2D eigenvalue weighted by Crippen LogP contribution is -2.17. The predicted molar refractivity (Wildman–Crippen MR) is 70.8 cm³/mol. The van der Waals surface area contributed by atoms with Gasteiger partial charge in [0.1, 0.15) is 5.82 Å². The van der Waals surface area contributed by atoms with E-state index >= 15 is 0 Å². The molecule has 2 nitrogen and oxygen atoms in total. The second kappa shape index (κ2) is 6.26. The van der Waals surface area contributed by atoms with Gasteiger partial charge >= 0.3 is 0 Å². The van der Waals surface area contributed by atoms with Crippen LogP contribution in [0.5, 0.6) is 0 Å². The zero-order valence-corrected chi connectivity index (χ0v) is 10.5. The van der Waals surface area contributed by atoms with Gasteiger partial charge in [0.05, 0.1) is 5.69 Å². The summed E-state index contributed by atoms with van der Waals surface area (Å²) in [6, 6.07) is 12.7. The Morgan fingerprint density at radius 3 is 2.61 bits per heavy atom. The molecule has 0 aliphatic carbocycles. The smallest absolute Gasteiger partial charge is 0.123 e. The largest absolute Gasteiger partial charge is 0.311 e. The Morgan fingerprint density at radius 1 is 1.11 bits per heavy atom. The van der Waals surface area contributed by atoms with E-state index in [1.54, 1.807) is 0 Å². The normalized spacial score (nSPS) is 10.6. The molecule has 94 valence electrons. The van der Waals surface area contributed by atoms with Crippen LogP contribution in [0.2, 0.25) is 0 Å². The van der Waals surface area contributed by atoms with Gasteiger partial charge in [-0.05, 0) is 49.7 Å². The number of benzene rings is 1. The number of aromatic nitrogens is 1. The number of rotatable bonds is 5. The van der Waals surface area contributed by atoms with Crippen molar-refractivity contribution in [2.75, 3.05) is 6.54 Å². The lowest BCUT2D eigenvalue weighted by Gasteiger charge is -2.05. The lowest BCUT2D eigenvalue weighted by atomic mass is 10.1. The van der Waals surface area contributed by atoms with Gasteiger partial charge in [-0.15, -0.1) is 0 Å². The maximum Gasteiger partial charge on any atom is 0.123 e. The molecule has 0 unspecified atom stereocenters. The Hall–Kier alpha value is -1.74. The average molecular weight is 244 g/mol. The summed E-state index contributed by atoms with van der Waals surface area (Å²) in [5, 5.41) is 3.34. The van der Waals surface area contributed by atoms with E-state index in [1.807, 2.05) is 37.3 Å². The summed E-state index contributed by atoms with van der Waals surface area (Å²) >= 11 is 0. The Morgan fingerprint density at radius 2 is 1.89 bits per heavy atom. The van der Waals surface area contributed by atoms with Gasteiger partial charge in [0.15, 0.2) is 0 Å². The van der Waals surface area contributed by atoms with Crippen LogP contribution >= 0.6 is 0 Å². The maximum absolute atomic E-state index is 12.7. The quantitative estimate of drug-likeness (QED) is 0.818. The molecule has 1 N–H and O–H groups in total. The van der Waals surface area contributed by atoms with Crippen molar-refractivity contribution in [2.45, 2.75) is 19.9 Å². The highest BCUT2D eigenvalue weighted by atomic mass is 19.1. The number of pyridine rings is 1. The van der Waals surface area contributed by atoms with Gasteiger partial charge < -0.3 is 5.32 Å². The summed E-state index contributed by atoms with van der Waals surface area (Å²) < 4.78 is 12.7. The van der Waals surface area contributed by atoms with Crippen LogP contribution in [0.1, 0.15) is 17.0 Å². The molecule has 1 aromatic carbocycles. The molecule has 0 radical (unpaired) electrons. The highest BCUT2D eigenvalue weighted by molar-refractivity contribution is 5.16. The Balaban J connectivity index is 1.74. The third kappa shape index (κ3) is 3.93. The van der Waals surface area contributed by atoms with Gasteiger partial charge in [0.25, 0.3) is 0 Å². The van der Waals surface area contributed by atoms with E-state index in [9.17, 15) is 4.39 Å². The molecule has 0 saturated heterocycles. The molecule has 3 heteroatoms. The average Bonchev–Trinajstić information content (AvgIpc) is 2.37. The minimum absolute atomic E-state index is 0.185. The van der Waals surface area contributed by atoms with Crippen molar-refractivity contribution in [2.24, 2.45) is 0 Å². The summed E-state index contributed by atoms with van der Waals surface area (Å²) in [6.45, 7) is 3.62. The van der Waals surface area contributed by atoms with Crippen molar-refractivity contribution in [3.8, 4) is 0 Å². The third-order valence-corrected chi connectivity index (χ3v) is 2.76. The number of halogens is 1. The van der Waals surface area contributed by atoms with E-state index in [4.69, 9.17) is 0 Å². The molecule has 2 rings (SSSR count). The Labute approximate surface area is 107 Å². The fourth-order valence-electron chi connectivity index (χ4n) is 1.80. The van der Waals surface area contributed by atoms with Crippen LogP contribution in [-0.2, 0) is 13.0 Å². The van der Waals surface area contributed by atoms with E-state index in [2.05, 4.69) is 10.3 Å². The van der Waals surface area contributed by atoms with Gasteiger partial charge in [0.2, 0.25) is 0 Å². The molecular formula is C15H17FN2. The molecule has 0 amide bonds. The minimum atomic E-state index is -0.185. The number of nitrogens with one attached hydrogen (secondary N) is 1. The van der Waals surface area contributed by atoms with Gasteiger partial charge in [0, 0.05) is 12.2 Å². The molecule has 1 heterocycles. The molecule has 18 heavy (non-hydrogen) atoms. The summed E-state index contributed by atoms with van der Waals surface area (Å²) in [4.78, 5) is 4.42. The van der Waals surface area contributed by atoms with Crippen molar-refractivity contribution in [1.29, 1.82) is 0 Å². The highest BCUT2D eigenvalue weighted by Crippen LogP contribution is 2.03. The van der Waals surface area contributed by atoms with E-state index in [0.29, 0.717) is 0 Å². The summed E-state index contributed by atoms with van der Waals surface area (Å²) in [5.41, 5.74) is 3.23. The number of aryl methyl sites for hydroxylation is 1. The minimum Gasteiger partial charge on any atom is -0.311 e. The lowest BCUT2D eigenvalue weighted by molar-refractivity contribution is 0.625. The van der Waals surface area contributed by atoms with E-state index in [1.165, 1.54) is 12.1 Å². The van der Waals surface area contributed by atoms with Gasteiger partial charge in [-0.3, -0.25) is 4.98 Å². The second-order valence-electron chi connectivity index (χ2n) is 4.32. The molecule has 0 aliphatic heterocycles. The van der Waals surface area contributed by atoms with Crippen LogP contribution in [0, 0.1) is 12.7 Å². The zero-order chi connectivity index (χ0) is 12.8. The summed E-state index contributed by atoms with van der Waals surface area (Å²) in [6.07, 6.45) is 0.895. The van der Waals surface area contributed by atoms with Gasteiger partial charge in [-0.25, -0.2) is 4.39 Å². The van der Waals surface area contributed by atoms with Crippen LogP contribution in [-0.4, -0.2) is 11.5 Å². The van der Waals surface area contributed by atoms with Crippen molar-refractivity contribution in [3.63, 3.8) is 0 Å². The summed E-state index contributed by atoms with van der Waals surface area (Å²) in [5.74, 6) is -0.185. The van der Waals surface area contributed by atoms with Crippen molar-refractivity contribution in [1.82, 2.24) is 10.3 Å². The molecule has 1 aromatic heterocycles. The number of nitrogens with zero attached hydrogens (tertiary/aromatic N) is 1. The van der Waals surface area contributed by atoms with Crippen LogP contribution in [0.3, 0.4) is 0 Å². The first kappa shape index (κ1) is 12.7. The maximum atomic E-state index is 12.7. The van der Waals surface area contributed by atoms with Crippen LogP contribution < -0.4 is 5.32 Å². The monoisotopic (exact) mass is 244 g/mol. The molecule has 2 aromatic rings. The Bertz CT molecular complexity index is 494. The molecule has 0 saturated carbocycles. The third-order valence-electron chi connectivity index (χ3n) is 2.76. The molecule has 0 bridgehead atoms. The Kier molecular flexibility index (Phi) is 4.42. The molecule has 0 atom stereocenters. The SMILES string of the molecule is Cc1cccc(CNCCc2ccc(F)cc2)n1. The van der Waals surface area contributed by atoms with E-state index < -0.39 is 0 Å².